The van der Waals surface area contributed by atoms with Gasteiger partial charge in [-0.1, -0.05) is 13.8 Å². The van der Waals surface area contributed by atoms with Crippen LogP contribution in [0, 0.1) is 6.92 Å². The van der Waals surface area contributed by atoms with E-state index in [2.05, 4.69) is 44.4 Å². The van der Waals surface area contributed by atoms with Crippen LogP contribution in [0.1, 0.15) is 29.9 Å². The second-order valence-corrected chi connectivity index (χ2v) is 6.24. The molecule has 0 saturated heterocycles. The average molecular weight is 367 g/mol. The molecule has 0 atom stereocenters. The summed E-state index contributed by atoms with van der Waals surface area (Å²) in [5.74, 6) is 1.17. The fraction of sp³-hybridized carbons (Fsp3) is 0.368. The van der Waals surface area contributed by atoms with Crippen molar-refractivity contribution in [3.63, 3.8) is 0 Å². The summed E-state index contributed by atoms with van der Waals surface area (Å²) in [6, 6.07) is 9.24. The molecular formula is C19H25N7O. The van der Waals surface area contributed by atoms with Crippen molar-refractivity contribution in [1.29, 1.82) is 0 Å². The van der Waals surface area contributed by atoms with Crippen molar-refractivity contribution < 1.29 is 4.79 Å². The number of fused-ring (bicyclic) bond motifs is 1. The van der Waals surface area contributed by atoms with E-state index < -0.39 is 0 Å². The summed E-state index contributed by atoms with van der Waals surface area (Å²) < 4.78 is 1.68. The van der Waals surface area contributed by atoms with Gasteiger partial charge in [0.05, 0.1) is 0 Å². The van der Waals surface area contributed by atoms with Crippen LogP contribution in [0.4, 0.5) is 11.5 Å². The van der Waals surface area contributed by atoms with E-state index in [4.69, 9.17) is 0 Å². The Morgan fingerprint density at radius 2 is 1.93 bits per heavy atom. The second kappa shape index (κ2) is 8.59. The summed E-state index contributed by atoms with van der Waals surface area (Å²) in [6.45, 7) is 9.65. The Hall–Kier alpha value is -3.00. The quantitative estimate of drug-likeness (QED) is 0.635. The molecule has 27 heavy (non-hydrogen) atoms. The molecule has 1 amide bonds. The molecule has 3 rings (SSSR count). The van der Waals surface area contributed by atoms with E-state index in [-0.39, 0.29) is 5.91 Å². The highest BCUT2D eigenvalue weighted by Gasteiger charge is 2.08. The highest BCUT2D eigenvalue weighted by molar-refractivity contribution is 5.94. The van der Waals surface area contributed by atoms with E-state index in [9.17, 15) is 4.79 Å². The van der Waals surface area contributed by atoms with E-state index in [1.165, 1.54) is 6.33 Å². The van der Waals surface area contributed by atoms with Crippen LogP contribution >= 0.6 is 0 Å². The molecule has 1 aromatic carbocycles. The molecule has 2 N–H and O–H groups in total. The number of hydrogen-bond acceptors (Lipinski definition) is 6. The van der Waals surface area contributed by atoms with Gasteiger partial charge in [0, 0.05) is 36.1 Å². The number of benzene rings is 1. The molecule has 0 spiro atoms. The highest BCUT2D eigenvalue weighted by atomic mass is 16.1. The molecule has 0 unspecified atom stereocenters. The molecule has 0 aliphatic heterocycles. The zero-order valence-electron chi connectivity index (χ0n) is 15.9. The third kappa shape index (κ3) is 4.59. The van der Waals surface area contributed by atoms with Crippen LogP contribution in [0.2, 0.25) is 0 Å². The van der Waals surface area contributed by atoms with Crippen molar-refractivity contribution in [3.8, 4) is 0 Å². The van der Waals surface area contributed by atoms with Gasteiger partial charge in [0.15, 0.2) is 0 Å². The molecule has 0 bridgehead atoms. The first-order valence-corrected chi connectivity index (χ1v) is 9.15. The van der Waals surface area contributed by atoms with Gasteiger partial charge in [0.25, 0.3) is 11.7 Å². The first-order chi connectivity index (χ1) is 13.1. The Kier molecular flexibility index (Phi) is 5.97. The maximum Gasteiger partial charge on any atom is 0.254 e. The van der Waals surface area contributed by atoms with Crippen LogP contribution in [0.5, 0.6) is 0 Å². The summed E-state index contributed by atoms with van der Waals surface area (Å²) in [4.78, 5) is 23.1. The van der Waals surface area contributed by atoms with E-state index in [1.807, 2.05) is 25.1 Å². The molecule has 0 radical (unpaired) electrons. The van der Waals surface area contributed by atoms with Gasteiger partial charge in [-0.05, 0) is 44.3 Å². The number of rotatable bonds is 8. The number of anilines is 2. The average Bonchev–Trinajstić information content (AvgIpc) is 3.15. The summed E-state index contributed by atoms with van der Waals surface area (Å²) in [6.07, 6.45) is 1.48. The lowest BCUT2D eigenvalue weighted by molar-refractivity contribution is 0.0949. The molecule has 8 heteroatoms. The van der Waals surface area contributed by atoms with E-state index in [0.29, 0.717) is 23.7 Å². The number of nitrogens with zero attached hydrogens (tertiary/aromatic N) is 5. The van der Waals surface area contributed by atoms with Gasteiger partial charge in [-0.25, -0.2) is 4.52 Å². The summed E-state index contributed by atoms with van der Waals surface area (Å²) in [7, 11) is 0. The predicted molar refractivity (Wildman–Crippen MR) is 105 cm³/mol. The van der Waals surface area contributed by atoms with Crippen LogP contribution in [-0.2, 0) is 0 Å². The van der Waals surface area contributed by atoms with E-state index in [1.54, 1.807) is 16.6 Å². The van der Waals surface area contributed by atoms with E-state index >= 15 is 0 Å². The third-order valence-corrected chi connectivity index (χ3v) is 4.46. The molecule has 2 heterocycles. The molecule has 0 aliphatic carbocycles. The van der Waals surface area contributed by atoms with Crippen LogP contribution in [0.3, 0.4) is 0 Å². The first-order valence-electron chi connectivity index (χ1n) is 9.15. The summed E-state index contributed by atoms with van der Waals surface area (Å²) >= 11 is 0. The molecule has 2 aromatic heterocycles. The summed E-state index contributed by atoms with van der Waals surface area (Å²) in [5.41, 5.74) is 2.42. The minimum Gasteiger partial charge on any atom is -0.351 e. The second-order valence-electron chi connectivity index (χ2n) is 6.24. The zero-order valence-corrected chi connectivity index (χ0v) is 15.9. The van der Waals surface area contributed by atoms with Crippen LogP contribution in [0.25, 0.3) is 5.78 Å². The largest absolute Gasteiger partial charge is 0.351 e. The number of aromatic nitrogens is 4. The van der Waals surface area contributed by atoms with Gasteiger partial charge >= 0.3 is 0 Å². The van der Waals surface area contributed by atoms with Crippen molar-refractivity contribution in [1.82, 2.24) is 29.8 Å². The van der Waals surface area contributed by atoms with Crippen LogP contribution < -0.4 is 10.6 Å². The Bertz CT molecular complexity index is 900. The maximum atomic E-state index is 12.3. The lowest BCUT2D eigenvalue weighted by atomic mass is 10.2. The van der Waals surface area contributed by atoms with Gasteiger partial charge in [-0.2, -0.15) is 15.1 Å². The van der Waals surface area contributed by atoms with Crippen LogP contribution in [0.15, 0.2) is 36.7 Å². The topological polar surface area (TPSA) is 87.5 Å². The number of amides is 1. The molecule has 8 nitrogen and oxygen atoms in total. The number of carbonyl (C=O) groups excluding carboxylic acids is 1. The Balaban J connectivity index is 1.60. The minimum atomic E-state index is -0.0624. The predicted octanol–water partition coefficient (Wildman–Crippen LogP) is 2.25. The minimum absolute atomic E-state index is 0.0624. The van der Waals surface area contributed by atoms with Gasteiger partial charge in [0.1, 0.15) is 12.1 Å². The monoisotopic (exact) mass is 367 g/mol. The standard InChI is InChI=1S/C19H25N7O/c1-4-25(5-2)11-10-20-18(27)15-6-8-16(9-7-15)23-17-12-14(3)26-19(24-17)21-13-22-26/h6-9,12-13H,4-5,10-11H2,1-3H3,(H,20,27)(H,21,22,23,24). The van der Waals surface area contributed by atoms with Crippen molar-refractivity contribution in [3.05, 3.63) is 47.9 Å². The Morgan fingerprint density at radius 1 is 1.19 bits per heavy atom. The van der Waals surface area contributed by atoms with E-state index in [0.717, 1.165) is 31.0 Å². The van der Waals surface area contributed by atoms with Crippen molar-refractivity contribution >= 4 is 23.2 Å². The van der Waals surface area contributed by atoms with Crippen molar-refractivity contribution in [2.24, 2.45) is 0 Å². The van der Waals surface area contributed by atoms with Crippen LogP contribution in [-0.4, -0.2) is 56.6 Å². The van der Waals surface area contributed by atoms with Crippen molar-refractivity contribution in [2.75, 3.05) is 31.5 Å². The van der Waals surface area contributed by atoms with Gasteiger partial charge in [-0.15, -0.1) is 0 Å². The lowest BCUT2D eigenvalue weighted by Crippen LogP contribution is -2.34. The Morgan fingerprint density at radius 3 is 2.63 bits per heavy atom. The number of nitrogens with one attached hydrogen (secondary N) is 2. The molecule has 0 saturated carbocycles. The molecule has 0 aliphatic rings. The number of carbonyl (C=O) groups is 1. The Labute approximate surface area is 158 Å². The third-order valence-electron chi connectivity index (χ3n) is 4.46. The molecule has 3 aromatic rings. The highest BCUT2D eigenvalue weighted by Crippen LogP contribution is 2.17. The maximum absolute atomic E-state index is 12.3. The SMILES string of the molecule is CCN(CC)CCNC(=O)c1ccc(Nc2cc(C)n3ncnc3n2)cc1. The number of aryl methyl sites for hydroxylation is 1. The summed E-state index contributed by atoms with van der Waals surface area (Å²) in [5, 5.41) is 10.3. The molecule has 142 valence electrons. The van der Waals surface area contributed by atoms with Gasteiger partial charge < -0.3 is 15.5 Å². The number of hydrogen-bond donors (Lipinski definition) is 2. The fourth-order valence-electron chi connectivity index (χ4n) is 2.85. The first kappa shape index (κ1) is 18.8. The number of likely N-dealkylation sites (N-methyl/N-ethyl adjacent to an activating group) is 1. The normalized spacial score (nSPS) is 11.1. The molecular weight excluding hydrogens is 342 g/mol. The van der Waals surface area contributed by atoms with Gasteiger partial charge in [0.2, 0.25) is 0 Å². The van der Waals surface area contributed by atoms with Gasteiger partial charge in [-0.3, -0.25) is 4.79 Å². The molecule has 0 fully saturated rings. The lowest BCUT2D eigenvalue weighted by Gasteiger charge is -2.18. The smallest absolute Gasteiger partial charge is 0.254 e. The fourth-order valence-corrected chi connectivity index (χ4v) is 2.85. The van der Waals surface area contributed by atoms with Crippen molar-refractivity contribution in [2.45, 2.75) is 20.8 Å². The zero-order chi connectivity index (χ0) is 19.2.